The number of hydrogen-bond donors (Lipinski definition) is 1. The third-order valence-corrected chi connectivity index (χ3v) is 4.19. The molecule has 0 aliphatic rings. The molecule has 0 aliphatic carbocycles. The molecule has 2 unspecified atom stereocenters. The smallest absolute Gasteiger partial charge is 0.0601 e. The second kappa shape index (κ2) is 5.68. The van der Waals surface area contributed by atoms with E-state index in [2.05, 4.69) is 36.7 Å². The van der Waals surface area contributed by atoms with E-state index >= 15 is 0 Å². The summed E-state index contributed by atoms with van der Waals surface area (Å²) >= 11 is 3.80. The van der Waals surface area contributed by atoms with Crippen LogP contribution in [0.5, 0.6) is 0 Å². The van der Waals surface area contributed by atoms with Crippen LogP contribution in [-0.4, -0.2) is 18.3 Å². The average molecular weight is 215 g/mol. The van der Waals surface area contributed by atoms with Crippen LogP contribution in [0, 0.1) is 0 Å². The summed E-state index contributed by atoms with van der Waals surface area (Å²) in [5.74, 6) is 0. The lowest BCUT2D eigenvalue weighted by molar-refractivity contribution is 0.564. The Hall–Kier alpha value is 0.01000. The van der Waals surface area contributed by atoms with Crippen molar-refractivity contribution in [3.63, 3.8) is 0 Å². The molecule has 0 amide bonds. The molecular weight excluding hydrogens is 198 g/mol. The number of thioether (sulfide) groups is 1. The zero-order valence-corrected chi connectivity index (χ0v) is 10.0. The normalized spacial score (nSPS) is 15.6. The predicted octanol–water partition coefficient (Wildman–Crippen LogP) is 3.23. The molecule has 13 heavy (non-hydrogen) atoms. The van der Waals surface area contributed by atoms with Crippen molar-refractivity contribution in [2.45, 2.75) is 35.8 Å². The monoisotopic (exact) mass is 215 g/mol. The summed E-state index contributed by atoms with van der Waals surface area (Å²) in [6, 6.07) is 4.92. The Morgan fingerprint density at radius 3 is 2.85 bits per heavy atom. The van der Waals surface area contributed by atoms with Gasteiger partial charge in [-0.15, -0.1) is 23.1 Å². The highest BCUT2D eigenvalue weighted by Crippen LogP contribution is 2.29. The second-order valence-electron chi connectivity index (χ2n) is 3.29. The van der Waals surface area contributed by atoms with Gasteiger partial charge in [0, 0.05) is 11.3 Å². The van der Waals surface area contributed by atoms with Gasteiger partial charge in [-0.25, -0.2) is 0 Å². The van der Waals surface area contributed by atoms with Crippen molar-refractivity contribution in [3.05, 3.63) is 17.5 Å². The molecule has 1 aromatic heterocycles. The lowest BCUT2D eigenvalue weighted by Crippen LogP contribution is -2.24. The number of rotatable bonds is 5. The van der Waals surface area contributed by atoms with E-state index in [9.17, 15) is 0 Å². The molecule has 0 saturated heterocycles. The molecular formula is C10H17NS2. The predicted molar refractivity (Wildman–Crippen MR) is 62.8 cm³/mol. The van der Waals surface area contributed by atoms with Gasteiger partial charge in [-0.1, -0.05) is 13.0 Å². The standard InChI is InChI=1S/C10H17NS2/c1-8(11-3)7-9(2)13-10-5-4-6-12-10/h4-6,8-9,11H,7H2,1-3H3. The van der Waals surface area contributed by atoms with Crippen LogP contribution in [0.1, 0.15) is 20.3 Å². The second-order valence-corrected chi connectivity index (χ2v) is 5.97. The Bertz CT molecular complexity index is 221. The molecule has 1 N–H and O–H groups in total. The van der Waals surface area contributed by atoms with Crippen molar-refractivity contribution in [1.29, 1.82) is 0 Å². The largest absolute Gasteiger partial charge is 0.317 e. The first kappa shape index (κ1) is 11.1. The quantitative estimate of drug-likeness (QED) is 0.757. The lowest BCUT2D eigenvalue weighted by Gasteiger charge is -2.15. The number of thiophene rings is 1. The van der Waals surface area contributed by atoms with Crippen LogP contribution < -0.4 is 5.32 Å². The Balaban J connectivity index is 2.29. The Kier molecular flexibility index (Phi) is 4.84. The molecule has 0 aliphatic heterocycles. The van der Waals surface area contributed by atoms with Crippen molar-refractivity contribution in [3.8, 4) is 0 Å². The van der Waals surface area contributed by atoms with Crippen LogP contribution >= 0.6 is 23.1 Å². The maximum absolute atomic E-state index is 3.27. The zero-order valence-electron chi connectivity index (χ0n) is 8.41. The first-order valence-corrected chi connectivity index (χ1v) is 6.35. The van der Waals surface area contributed by atoms with E-state index in [4.69, 9.17) is 0 Å². The first-order chi connectivity index (χ1) is 6.22. The third kappa shape index (κ3) is 4.16. The fraction of sp³-hybridized carbons (Fsp3) is 0.600. The SMILES string of the molecule is CNC(C)CC(C)Sc1cccs1. The molecule has 0 aromatic carbocycles. The van der Waals surface area contributed by atoms with Gasteiger partial charge in [0.05, 0.1) is 4.21 Å². The van der Waals surface area contributed by atoms with Gasteiger partial charge in [0.1, 0.15) is 0 Å². The van der Waals surface area contributed by atoms with Crippen LogP contribution in [0.4, 0.5) is 0 Å². The van der Waals surface area contributed by atoms with Gasteiger partial charge in [-0.2, -0.15) is 0 Å². The van der Waals surface area contributed by atoms with Crippen LogP contribution in [0.3, 0.4) is 0 Å². The number of hydrogen-bond acceptors (Lipinski definition) is 3. The van der Waals surface area contributed by atoms with E-state index in [1.54, 1.807) is 0 Å². The fourth-order valence-corrected chi connectivity index (χ4v) is 3.46. The van der Waals surface area contributed by atoms with Gasteiger partial charge in [0.25, 0.3) is 0 Å². The van der Waals surface area contributed by atoms with E-state index < -0.39 is 0 Å². The zero-order chi connectivity index (χ0) is 9.68. The summed E-state index contributed by atoms with van der Waals surface area (Å²) in [5, 5.41) is 6.10. The van der Waals surface area contributed by atoms with Crippen LogP contribution in [-0.2, 0) is 0 Å². The summed E-state index contributed by atoms with van der Waals surface area (Å²) < 4.78 is 1.43. The van der Waals surface area contributed by atoms with Crippen molar-refractivity contribution in [2.24, 2.45) is 0 Å². The molecule has 1 rings (SSSR count). The highest BCUT2D eigenvalue weighted by atomic mass is 32.2. The molecule has 1 aromatic rings. The van der Waals surface area contributed by atoms with E-state index in [0.29, 0.717) is 11.3 Å². The van der Waals surface area contributed by atoms with Gasteiger partial charge in [0.15, 0.2) is 0 Å². The van der Waals surface area contributed by atoms with Crippen LogP contribution in [0.25, 0.3) is 0 Å². The summed E-state index contributed by atoms with van der Waals surface area (Å²) in [4.78, 5) is 0. The maximum Gasteiger partial charge on any atom is 0.0601 e. The molecule has 1 heterocycles. The van der Waals surface area contributed by atoms with Crippen molar-refractivity contribution >= 4 is 23.1 Å². The maximum atomic E-state index is 3.27. The molecule has 0 bridgehead atoms. The highest BCUT2D eigenvalue weighted by Gasteiger charge is 2.08. The molecule has 74 valence electrons. The van der Waals surface area contributed by atoms with Crippen molar-refractivity contribution in [1.82, 2.24) is 5.32 Å². The summed E-state index contributed by atoms with van der Waals surface area (Å²) in [6.07, 6.45) is 1.22. The topological polar surface area (TPSA) is 12.0 Å². The van der Waals surface area contributed by atoms with Crippen molar-refractivity contribution in [2.75, 3.05) is 7.05 Å². The minimum Gasteiger partial charge on any atom is -0.317 e. The third-order valence-electron chi connectivity index (χ3n) is 1.99. The van der Waals surface area contributed by atoms with Gasteiger partial charge in [-0.05, 0) is 31.8 Å². The fourth-order valence-electron chi connectivity index (χ4n) is 1.19. The van der Waals surface area contributed by atoms with Gasteiger partial charge in [0.2, 0.25) is 0 Å². The first-order valence-electron chi connectivity index (χ1n) is 4.59. The molecule has 0 spiro atoms. The Labute approximate surface area is 88.9 Å². The van der Waals surface area contributed by atoms with Crippen molar-refractivity contribution < 1.29 is 0 Å². The average Bonchev–Trinajstić information content (AvgIpc) is 2.56. The molecule has 0 radical (unpaired) electrons. The minimum absolute atomic E-state index is 0.613. The van der Waals surface area contributed by atoms with E-state index in [-0.39, 0.29) is 0 Å². The van der Waals surface area contributed by atoms with E-state index in [1.165, 1.54) is 10.6 Å². The molecule has 2 atom stereocenters. The summed E-state index contributed by atoms with van der Waals surface area (Å²) in [5.41, 5.74) is 0. The molecule has 0 saturated carbocycles. The highest BCUT2D eigenvalue weighted by molar-refractivity contribution is 8.01. The Morgan fingerprint density at radius 1 is 1.54 bits per heavy atom. The van der Waals surface area contributed by atoms with Crippen LogP contribution in [0.15, 0.2) is 21.7 Å². The molecule has 1 nitrogen and oxygen atoms in total. The number of nitrogens with one attached hydrogen (secondary N) is 1. The minimum atomic E-state index is 0.613. The van der Waals surface area contributed by atoms with Gasteiger partial charge >= 0.3 is 0 Å². The summed E-state index contributed by atoms with van der Waals surface area (Å²) in [7, 11) is 2.02. The summed E-state index contributed by atoms with van der Waals surface area (Å²) in [6.45, 7) is 4.52. The molecule has 0 fully saturated rings. The van der Waals surface area contributed by atoms with E-state index in [0.717, 1.165) is 0 Å². The Morgan fingerprint density at radius 2 is 2.31 bits per heavy atom. The van der Waals surface area contributed by atoms with Gasteiger partial charge in [-0.3, -0.25) is 0 Å². The van der Waals surface area contributed by atoms with Crippen LogP contribution in [0.2, 0.25) is 0 Å². The van der Waals surface area contributed by atoms with E-state index in [1.807, 2.05) is 30.1 Å². The molecule has 3 heteroatoms. The lowest BCUT2D eigenvalue weighted by atomic mass is 10.2. The van der Waals surface area contributed by atoms with Gasteiger partial charge < -0.3 is 5.32 Å².